The zero-order valence-electron chi connectivity index (χ0n) is 33.6. The highest BCUT2D eigenvalue weighted by Gasteiger charge is 2.50. The van der Waals surface area contributed by atoms with Crippen LogP contribution >= 0.6 is 0 Å². The first-order valence-electron chi connectivity index (χ1n) is 21.9. The fraction of sp³-hybridized carbons (Fsp3) is 0.717. The van der Waals surface area contributed by atoms with Gasteiger partial charge in [0.05, 0.1) is 29.5 Å². The molecule has 2 aliphatic rings. The summed E-state index contributed by atoms with van der Waals surface area (Å²) in [5.74, 6) is 2.13. The third-order valence-electron chi connectivity index (χ3n) is 11.6. The summed E-state index contributed by atoms with van der Waals surface area (Å²) in [5, 5.41) is 12.4. The Kier molecular flexibility index (Phi) is 19.3. The minimum Gasteiger partial charge on any atom is -0.463 e. The van der Waals surface area contributed by atoms with E-state index in [1.54, 1.807) is 12.5 Å². The van der Waals surface area contributed by atoms with Crippen LogP contribution in [0, 0.1) is 11.8 Å². The first kappa shape index (κ1) is 42.0. The molecule has 1 amide bonds. The number of aliphatic hydroxyl groups is 1. The van der Waals surface area contributed by atoms with Gasteiger partial charge >= 0.3 is 0 Å². The molecule has 0 bridgehead atoms. The molecule has 0 spiro atoms. The Morgan fingerprint density at radius 1 is 0.577 bits per heavy atom. The highest BCUT2D eigenvalue weighted by Crippen LogP contribution is 2.49. The largest absolute Gasteiger partial charge is 0.463 e. The molecule has 4 heterocycles. The molecule has 0 aromatic carbocycles. The average molecular weight is 719 g/mol. The second kappa shape index (κ2) is 23.8. The number of unbranched alkanes of at least 4 members (excludes halogenated alkanes) is 16. The third-order valence-corrected chi connectivity index (χ3v) is 11.6. The molecule has 2 aromatic heterocycles. The van der Waals surface area contributed by atoms with Gasteiger partial charge in [0.25, 0.3) is 5.91 Å². The molecule has 1 N–H and O–H groups in total. The van der Waals surface area contributed by atoms with Gasteiger partial charge in [0, 0.05) is 18.7 Å². The molecular weight excluding hydrogens is 645 g/mol. The number of hydrogen-bond donors (Lipinski definition) is 1. The van der Waals surface area contributed by atoms with Crippen molar-refractivity contribution >= 4 is 17.3 Å². The summed E-state index contributed by atoms with van der Waals surface area (Å²) < 4.78 is 12.1. The predicted octanol–water partition coefficient (Wildman–Crippen LogP) is 13.1. The molecule has 3 unspecified atom stereocenters. The molecule has 2 aromatic rings. The fourth-order valence-corrected chi connectivity index (χ4v) is 8.58. The van der Waals surface area contributed by atoms with Gasteiger partial charge in [0.2, 0.25) is 0 Å². The summed E-state index contributed by atoms with van der Waals surface area (Å²) in [5.41, 5.74) is 2.80. The summed E-state index contributed by atoms with van der Waals surface area (Å²) in [4.78, 5) is 18.9. The predicted molar refractivity (Wildman–Crippen MR) is 216 cm³/mol. The zero-order valence-corrected chi connectivity index (χ0v) is 33.6. The van der Waals surface area contributed by atoms with Gasteiger partial charge in [-0.25, -0.2) is 0 Å². The molecule has 2 aliphatic heterocycles. The van der Waals surface area contributed by atoms with Gasteiger partial charge in [0.15, 0.2) is 17.7 Å². The van der Waals surface area contributed by atoms with Crippen LogP contribution in [0.4, 0.5) is 0 Å². The Bertz CT molecular complexity index is 1310. The highest BCUT2D eigenvalue weighted by atomic mass is 16.3. The summed E-state index contributed by atoms with van der Waals surface area (Å²) in [7, 11) is 0. The number of fused-ring (bicyclic) bond motifs is 1. The van der Waals surface area contributed by atoms with E-state index in [4.69, 9.17) is 8.83 Å². The highest BCUT2D eigenvalue weighted by molar-refractivity contribution is 6.16. The Labute approximate surface area is 317 Å². The maximum atomic E-state index is 14.9. The molecule has 0 saturated carbocycles. The van der Waals surface area contributed by atoms with E-state index in [9.17, 15) is 9.90 Å². The standard InChI is InChI=1S/C46H74N2O4/c1-5-9-13-17-19-23-29-37(27-21-15-11-7-3)35-47-43(39-31-25-33-51-39)41-42(45(47)49)44(40-32-26-34-52-40)48(46(41)50)36-38(28-22-16-12-8-4)30-24-20-18-14-10-6-2/h25-26,31-34,37-38,45,49H,5-24,27-30,35-36H2,1-4H3. The Morgan fingerprint density at radius 2 is 0.981 bits per heavy atom. The van der Waals surface area contributed by atoms with E-state index in [-0.39, 0.29) is 5.91 Å². The van der Waals surface area contributed by atoms with Gasteiger partial charge < -0.3 is 23.7 Å². The number of rotatable bonds is 30. The van der Waals surface area contributed by atoms with Crippen LogP contribution in [0.15, 0.2) is 56.8 Å². The summed E-state index contributed by atoms with van der Waals surface area (Å²) >= 11 is 0. The lowest BCUT2D eigenvalue weighted by Gasteiger charge is -2.32. The average Bonchev–Trinajstić information content (AvgIpc) is 3.96. The Morgan fingerprint density at radius 3 is 1.42 bits per heavy atom. The van der Waals surface area contributed by atoms with Crippen LogP contribution in [-0.4, -0.2) is 40.1 Å². The van der Waals surface area contributed by atoms with Crippen molar-refractivity contribution in [3.8, 4) is 0 Å². The van der Waals surface area contributed by atoms with E-state index in [0.717, 1.165) is 37.1 Å². The molecule has 3 atom stereocenters. The van der Waals surface area contributed by atoms with Crippen molar-refractivity contribution in [1.82, 2.24) is 9.80 Å². The van der Waals surface area contributed by atoms with Gasteiger partial charge in [0.1, 0.15) is 0 Å². The molecule has 0 radical (unpaired) electrons. The summed E-state index contributed by atoms with van der Waals surface area (Å²) in [6.07, 6.45) is 32.1. The minimum atomic E-state index is -0.937. The fourth-order valence-electron chi connectivity index (χ4n) is 8.58. The van der Waals surface area contributed by atoms with Crippen LogP contribution < -0.4 is 0 Å². The van der Waals surface area contributed by atoms with E-state index in [2.05, 4.69) is 32.6 Å². The number of nitrogens with zero attached hydrogens (tertiary/aromatic N) is 2. The van der Waals surface area contributed by atoms with Crippen LogP contribution in [-0.2, 0) is 4.79 Å². The van der Waals surface area contributed by atoms with Crippen LogP contribution in [0.1, 0.15) is 193 Å². The molecular formula is C46H74N2O4. The number of carbonyl (C=O) groups excluding carboxylic acids is 1. The summed E-state index contributed by atoms with van der Waals surface area (Å²) in [6, 6.07) is 7.69. The lowest BCUT2D eigenvalue weighted by atomic mass is 9.93. The van der Waals surface area contributed by atoms with Crippen molar-refractivity contribution in [2.45, 2.75) is 188 Å². The topological polar surface area (TPSA) is 70.1 Å². The van der Waals surface area contributed by atoms with Crippen LogP contribution in [0.3, 0.4) is 0 Å². The number of carbonyl (C=O) groups is 1. The van der Waals surface area contributed by atoms with Crippen molar-refractivity contribution < 1.29 is 18.7 Å². The zero-order chi connectivity index (χ0) is 37.0. The number of hydrogen-bond acceptors (Lipinski definition) is 5. The van der Waals surface area contributed by atoms with Gasteiger partial charge in [-0.1, -0.05) is 156 Å². The van der Waals surface area contributed by atoms with Crippen LogP contribution in [0.25, 0.3) is 11.4 Å². The maximum Gasteiger partial charge on any atom is 0.261 e. The van der Waals surface area contributed by atoms with Crippen molar-refractivity contribution in [1.29, 1.82) is 0 Å². The lowest BCUT2D eigenvalue weighted by molar-refractivity contribution is -0.123. The number of furan rings is 2. The number of aliphatic hydroxyl groups excluding tert-OH is 1. The van der Waals surface area contributed by atoms with Crippen molar-refractivity contribution in [2.75, 3.05) is 13.1 Å². The first-order valence-corrected chi connectivity index (χ1v) is 21.9. The Hall–Kier alpha value is -2.73. The smallest absolute Gasteiger partial charge is 0.261 e. The molecule has 6 nitrogen and oxygen atoms in total. The van der Waals surface area contributed by atoms with E-state index >= 15 is 0 Å². The maximum absolute atomic E-state index is 14.9. The molecule has 0 saturated heterocycles. The van der Waals surface area contributed by atoms with Gasteiger partial charge in [-0.05, 0) is 61.8 Å². The SMILES string of the molecule is CCCCCCCCC(CCCCCC)CN1C(=O)C2=C(c3ccco3)N(CC(CCCCCC)CCCCCCCC)C(O)C2=C1c1ccco1. The quantitative estimate of drug-likeness (QED) is 0.0814. The second-order valence-electron chi connectivity index (χ2n) is 15.9. The van der Waals surface area contributed by atoms with E-state index < -0.39 is 6.23 Å². The molecule has 0 fully saturated rings. The summed E-state index contributed by atoms with van der Waals surface area (Å²) in [6.45, 7) is 10.4. The second-order valence-corrected chi connectivity index (χ2v) is 15.9. The van der Waals surface area contributed by atoms with Crippen LogP contribution in [0.2, 0.25) is 0 Å². The van der Waals surface area contributed by atoms with Gasteiger partial charge in [-0.3, -0.25) is 4.79 Å². The molecule has 4 rings (SSSR count). The van der Waals surface area contributed by atoms with Gasteiger partial charge in [-0.15, -0.1) is 0 Å². The molecule has 6 heteroatoms. The van der Waals surface area contributed by atoms with Crippen LogP contribution in [0.5, 0.6) is 0 Å². The van der Waals surface area contributed by atoms with Crippen molar-refractivity contribution in [2.24, 2.45) is 11.8 Å². The molecule has 0 aliphatic carbocycles. The molecule has 292 valence electrons. The normalized spacial score (nSPS) is 17.2. The van der Waals surface area contributed by atoms with Crippen molar-refractivity contribution in [3.63, 3.8) is 0 Å². The van der Waals surface area contributed by atoms with Crippen molar-refractivity contribution in [3.05, 3.63) is 59.5 Å². The number of amides is 1. The minimum absolute atomic E-state index is 0.0220. The van der Waals surface area contributed by atoms with Gasteiger partial charge in [-0.2, -0.15) is 0 Å². The Balaban J connectivity index is 1.63. The third kappa shape index (κ3) is 12.1. The lowest BCUT2D eigenvalue weighted by Crippen LogP contribution is -2.37. The van der Waals surface area contributed by atoms with E-state index in [1.165, 1.54) is 128 Å². The molecule has 52 heavy (non-hydrogen) atoms. The van der Waals surface area contributed by atoms with E-state index in [0.29, 0.717) is 47.6 Å². The first-order chi connectivity index (χ1) is 25.5. The monoisotopic (exact) mass is 719 g/mol. The van der Waals surface area contributed by atoms with E-state index in [1.807, 2.05) is 29.2 Å².